The van der Waals surface area contributed by atoms with Crippen molar-refractivity contribution < 1.29 is 0 Å². The molecule has 0 N–H and O–H groups in total. The second kappa shape index (κ2) is 15.5. The molecule has 290 valence electrons. The van der Waals surface area contributed by atoms with E-state index in [9.17, 15) is 0 Å². The second-order valence-electron chi connectivity index (χ2n) is 16.1. The Kier molecular flexibility index (Phi) is 9.24. The van der Waals surface area contributed by atoms with E-state index in [1.807, 2.05) is 0 Å². The Morgan fingerprint density at radius 1 is 0.344 bits per heavy atom. The predicted octanol–water partition coefficient (Wildman–Crippen LogP) is 16.7. The van der Waals surface area contributed by atoms with Gasteiger partial charge >= 0.3 is 0 Å². The molecule has 0 radical (unpaired) electrons. The van der Waals surface area contributed by atoms with Gasteiger partial charge in [0, 0.05) is 33.5 Å². The van der Waals surface area contributed by atoms with Crippen LogP contribution in [0, 0.1) is 5.92 Å². The molecule has 0 spiro atoms. The van der Waals surface area contributed by atoms with E-state index in [1.54, 1.807) is 0 Å². The van der Waals surface area contributed by atoms with E-state index in [-0.39, 0.29) is 0 Å². The molecule has 1 aliphatic rings. The van der Waals surface area contributed by atoms with Crippen molar-refractivity contribution >= 4 is 71.5 Å². The summed E-state index contributed by atoms with van der Waals surface area (Å²) in [7, 11) is 0. The van der Waals surface area contributed by atoms with Gasteiger partial charge in [0.05, 0.1) is 11.4 Å². The number of hydrogen-bond acceptors (Lipinski definition) is 2. The monoisotopic (exact) mass is 780 g/mol. The zero-order chi connectivity index (χ0) is 40.7. The first-order chi connectivity index (χ1) is 30.2. The van der Waals surface area contributed by atoms with Gasteiger partial charge in [-0.05, 0) is 122 Å². The molecule has 0 bridgehead atoms. The molecule has 2 heteroatoms. The molecule has 2 nitrogen and oxygen atoms in total. The van der Waals surface area contributed by atoms with Gasteiger partial charge in [0.1, 0.15) is 0 Å². The van der Waals surface area contributed by atoms with Gasteiger partial charge in [0.25, 0.3) is 0 Å². The van der Waals surface area contributed by atoms with Gasteiger partial charge in [0.15, 0.2) is 0 Å². The van der Waals surface area contributed by atoms with Crippen molar-refractivity contribution in [2.24, 2.45) is 5.92 Å². The molecule has 10 aromatic carbocycles. The summed E-state index contributed by atoms with van der Waals surface area (Å²) in [4.78, 5) is 4.81. The first-order valence-electron chi connectivity index (χ1n) is 21.3. The van der Waals surface area contributed by atoms with Crippen LogP contribution in [-0.4, -0.2) is 0 Å². The van der Waals surface area contributed by atoms with Crippen molar-refractivity contribution in [1.82, 2.24) is 0 Å². The number of anilines is 5. The van der Waals surface area contributed by atoms with Crippen molar-refractivity contribution in [3.05, 3.63) is 236 Å². The molecule has 10 aromatic rings. The third-order valence-corrected chi connectivity index (χ3v) is 12.3. The lowest BCUT2D eigenvalue weighted by Crippen LogP contribution is -2.17. The highest BCUT2D eigenvalue weighted by molar-refractivity contribution is 6.26. The molecule has 0 fully saturated rings. The normalized spacial score (nSPS) is 13.8. The summed E-state index contributed by atoms with van der Waals surface area (Å²) in [5.41, 5.74) is 11.9. The van der Waals surface area contributed by atoms with Crippen LogP contribution >= 0.6 is 0 Å². The number of benzene rings is 10. The molecule has 0 saturated carbocycles. The summed E-state index contributed by atoms with van der Waals surface area (Å²) >= 11 is 0. The van der Waals surface area contributed by atoms with Gasteiger partial charge in [-0.15, -0.1) is 0 Å². The SMILES string of the molecule is CC1C=CC(N(c2ccccc2)c2ccc(-c3c4ccccc4c(-c4ccc(N(c5ccccc5)c5ccccc5)c5ccccc45)c4ccccc34)c3ccccc23)=CC1. The van der Waals surface area contributed by atoms with Crippen LogP contribution in [0.5, 0.6) is 0 Å². The molecule has 0 saturated heterocycles. The van der Waals surface area contributed by atoms with Crippen molar-refractivity contribution in [1.29, 1.82) is 0 Å². The van der Waals surface area contributed by atoms with E-state index in [0.717, 1.165) is 29.2 Å². The van der Waals surface area contributed by atoms with Crippen LogP contribution in [0.3, 0.4) is 0 Å². The highest BCUT2D eigenvalue weighted by Crippen LogP contribution is 2.50. The average Bonchev–Trinajstić information content (AvgIpc) is 3.33. The zero-order valence-corrected chi connectivity index (χ0v) is 34.1. The van der Waals surface area contributed by atoms with E-state index in [4.69, 9.17) is 0 Å². The molecule has 11 rings (SSSR count). The lowest BCUT2D eigenvalue weighted by molar-refractivity contribution is 0.728. The van der Waals surface area contributed by atoms with Crippen LogP contribution in [0.4, 0.5) is 28.4 Å². The van der Waals surface area contributed by atoms with E-state index in [1.165, 1.54) is 76.7 Å². The Balaban J connectivity index is 1.14. The summed E-state index contributed by atoms with van der Waals surface area (Å²) in [6.45, 7) is 2.28. The molecule has 1 aliphatic carbocycles. The minimum atomic E-state index is 0.527. The standard InChI is InChI=1S/C59H44N2/c1-41-33-35-45(36-34-41)61(44-23-9-4-10-24-44)57-40-38-55(47-26-12-14-28-49(47)57)59-52-31-17-15-29-50(52)58(51-30-16-18-32-53(51)59)54-37-39-56(48-27-13-11-25-46(48)54)60(42-19-5-2-6-20-42)43-21-7-3-8-22-43/h2-33,35-41H,34H2,1H3. The maximum atomic E-state index is 2.43. The quantitative estimate of drug-likeness (QED) is 0.142. The van der Waals surface area contributed by atoms with Crippen molar-refractivity contribution in [2.45, 2.75) is 13.3 Å². The van der Waals surface area contributed by atoms with Gasteiger partial charge in [-0.3, -0.25) is 0 Å². The maximum Gasteiger partial charge on any atom is 0.0540 e. The first kappa shape index (κ1) is 36.4. The van der Waals surface area contributed by atoms with Crippen LogP contribution in [0.15, 0.2) is 236 Å². The number of fused-ring (bicyclic) bond motifs is 4. The third-order valence-electron chi connectivity index (χ3n) is 12.3. The van der Waals surface area contributed by atoms with Crippen LogP contribution in [0.2, 0.25) is 0 Å². The lowest BCUT2D eigenvalue weighted by Gasteiger charge is -2.30. The predicted molar refractivity (Wildman–Crippen MR) is 262 cm³/mol. The molecule has 1 unspecified atom stereocenters. The van der Waals surface area contributed by atoms with Crippen LogP contribution in [0.25, 0.3) is 65.3 Å². The molecular formula is C59H44N2. The molecule has 0 amide bonds. The largest absolute Gasteiger partial charge is 0.310 e. The smallest absolute Gasteiger partial charge is 0.0540 e. The molecule has 0 aliphatic heterocycles. The molecular weight excluding hydrogens is 737 g/mol. The minimum absolute atomic E-state index is 0.527. The van der Waals surface area contributed by atoms with Crippen molar-refractivity contribution in [2.75, 3.05) is 9.80 Å². The van der Waals surface area contributed by atoms with Crippen LogP contribution in [0.1, 0.15) is 13.3 Å². The maximum absolute atomic E-state index is 2.43. The fourth-order valence-electron chi connectivity index (χ4n) is 9.57. The Morgan fingerprint density at radius 2 is 0.689 bits per heavy atom. The van der Waals surface area contributed by atoms with Gasteiger partial charge in [-0.1, -0.05) is 183 Å². The summed E-state index contributed by atoms with van der Waals surface area (Å²) in [6.07, 6.45) is 8.03. The fraction of sp³-hybridized carbons (Fsp3) is 0.0508. The fourth-order valence-corrected chi connectivity index (χ4v) is 9.57. The molecule has 0 heterocycles. The number of nitrogens with zero attached hydrogens (tertiary/aromatic N) is 2. The Bertz CT molecular complexity index is 3200. The van der Waals surface area contributed by atoms with E-state index < -0.39 is 0 Å². The topological polar surface area (TPSA) is 6.48 Å². The van der Waals surface area contributed by atoms with E-state index >= 15 is 0 Å². The lowest BCUT2D eigenvalue weighted by atomic mass is 9.83. The van der Waals surface area contributed by atoms with Gasteiger partial charge in [0.2, 0.25) is 0 Å². The second-order valence-corrected chi connectivity index (χ2v) is 16.1. The summed E-state index contributed by atoms with van der Waals surface area (Å²) < 4.78 is 0. The Morgan fingerprint density at radius 3 is 1.08 bits per heavy atom. The third kappa shape index (κ3) is 6.36. The van der Waals surface area contributed by atoms with Gasteiger partial charge in [-0.2, -0.15) is 0 Å². The number of rotatable bonds is 8. The highest BCUT2D eigenvalue weighted by Gasteiger charge is 2.24. The van der Waals surface area contributed by atoms with Crippen LogP contribution < -0.4 is 9.80 Å². The van der Waals surface area contributed by atoms with Gasteiger partial charge in [-0.25, -0.2) is 0 Å². The van der Waals surface area contributed by atoms with Crippen molar-refractivity contribution in [3.8, 4) is 22.3 Å². The van der Waals surface area contributed by atoms with E-state index in [2.05, 4.69) is 247 Å². The zero-order valence-electron chi connectivity index (χ0n) is 34.1. The summed E-state index contributed by atoms with van der Waals surface area (Å²) in [5.74, 6) is 0.527. The Labute approximate surface area is 357 Å². The molecule has 1 atom stereocenters. The summed E-state index contributed by atoms with van der Waals surface area (Å²) in [6, 6.07) is 77.5. The molecule has 0 aromatic heterocycles. The van der Waals surface area contributed by atoms with E-state index in [0.29, 0.717) is 5.92 Å². The average molecular weight is 781 g/mol. The number of allylic oxidation sites excluding steroid dienone is 3. The molecule has 61 heavy (non-hydrogen) atoms. The Hall–Kier alpha value is -7.68. The number of hydrogen-bond donors (Lipinski definition) is 0. The van der Waals surface area contributed by atoms with Gasteiger partial charge < -0.3 is 9.80 Å². The summed E-state index contributed by atoms with van der Waals surface area (Å²) in [5, 5.41) is 9.83. The van der Waals surface area contributed by atoms with Crippen molar-refractivity contribution in [3.63, 3.8) is 0 Å². The highest BCUT2D eigenvalue weighted by atomic mass is 15.2. The first-order valence-corrected chi connectivity index (χ1v) is 21.3. The minimum Gasteiger partial charge on any atom is -0.310 e. The number of para-hydroxylation sites is 3. The van der Waals surface area contributed by atoms with Crippen LogP contribution in [-0.2, 0) is 0 Å².